The Morgan fingerprint density at radius 1 is 1.32 bits per heavy atom. The fourth-order valence-corrected chi connectivity index (χ4v) is 3.78. The summed E-state index contributed by atoms with van der Waals surface area (Å²) in [4.78, 5) is 0.00833. The number of nitrogens with zero attached hydrogens (tertiary/aromatic N) is 1. The van der Waals surface area contributed by atoms with Crippen molar-refractivity contribution in [2.75, 3.05) is 33.1 Å². The Kier molecular flexibility index (Phi) is 6.99. The van der Waals surface area contributed by atoms with Gasteiger partial charge in [0.25, 0.3) is 0 Å². The van der Waals surface area contributed by atoms with Crippen molar-refractivity contribution < 1.29 is 13.2 Å². The summed E-state index contributed by atoms with van der Waals surface area (Å²) >= 11 is 3.40. The van der Waals surface area contributed by atoms with Crippen molar-refractivity contribution in [2.24, 2.45) is 0 Å². The van der Waals surface area contributed by atoms with Gasteiger partial charge in [0.05, 0.1) is 17.2 Å². The number of ether oxygens (including phenoxy) is 1. The highest BCUT2D eigenvalue weighted by atomic mass is 79.9. The summed E-state index contributed by atoms with van der Waals surface area (Å²) in [5.41, 5.74) is 1.03. The van der Waals surface area contributed by atoms with Crippen LogP contribution < -0.4 is 0 Å². The SMILES string of the molecule is COCC(Br)CN(C)S(=O)(=O)CCc1ccccc1. The van der Waals surface area contributed by atoms with Crippen molar-refractivity contribution in [3.8, 4) is 0 Å². The highest BCUT2D eigenvalue weighted by Crippen LogP contribution is 2.09. The molecule has 0 spiro atoms. The minimum Gasteiger partial charge on any atom is -0.383 e. The smallest absolute Gasteiger partial charge is 0.214 e. The summed E-state index contributed by atoms with van der Waals surface area (Å²) in [5, 5.41) is 0. The third-order valence-electron chi connectivity index (χ3n) is 2.77. The lowest BCUT2D eigenvalue weighted by atomic mass is 10.2. The van der Waals surface area contributed by atoms with Gasteiger partial charge in [-0.25, -0.2) is 12.7 Å². The minimum atomic E-state index is -3.22. The first-order valence-electron chi connectivity index (χ1n) is 6.06. The summed E-state index contributed by atoms with van der Waals surface area (Å²) in [6, 6.07) is 9.63. The first kappa shape index (κ1) is 16.6. The molecule has 1 atom stereocenters. The molecule has 1 aromatic carbocycles. The van der Waals surface area contributed by atoms with Crippen LogP contribution in [0, 0.1) is 0 Å². The molecule has 0 saturated carbocycles. The Labute approximate surface area is 123 Å². The summed E-state index contributed by atoms with van der Waals surface area (Å²) in [5.74, 6) is 0.125. The van der Waals surface area contributed by atoms with E-state index in [9.17, 15) is 8.42 Å². The van der Waals surface area contributed by atoms with Gasteiger partial charge in [0.2, 0.25) is 10.0 Å². The molecule has 0 N–H and O–H groups in total. The van der Waals surface area contributed by atoms with Crippen LogP contribution in [0.1, 0.15) is 5.56 Å². The van der Waals surface area contributed by atoms with E-state index in [2.05, 4.69) is 15.9 Å². The number of aryl methyl sites for hydroxylation is 1. The maximum absolute atomic E-state index is 12.1. The van der Waals surface area contributed by atoms with Crippen LogP contribution in [0.4, 0.5) is 0 Å². The maximum Gasteiger partial charge on any atom is 0.214 e. The predicted octanol–water partition coefficient (Wildman–Crippen LogP) is 1.90. The van der Waals surface area contributed by atoms with Crippen LogP contribution in [0.25, 0.3) is 0 Å². The monoisotopic (exact) mass is 349 g/mol. The quantitative estimate of drug-likeness (QED) is 0.673. The molecule has 108 valence electrons. The molecule has 0 saturated heterocycles. The van der Waals surface area contributed by atoms with Gasteiger partial charge in [-0.1, -0.05) is 46.3 Å². The minimum absolute atomic E-state index is 0.00833. The molecule has 0 radical (unpaired) electrons. The van der Waals surface area contributed by atoms with Gasteiger partial charge >= 0.3 is 0 Å². The Hall–Kier alpha value is -0.430. The first-order valence-corrected chi connectivity index (χ1v) is 8.59. The molecule has 0 fully saturated rings. The summed E-state index contributed by atoms with van der Waals surface area (Å²) in [7, 11) is -0.0272. The second kappa shape index (κ2) is 7.99. The predicted molar refractivity (Wildman–Crippen MR) is 81.2 cm³/mol. The van der Waals surface area contributed by atoms with Gasteiger partial charge in [-0.2, -0.15) is 0 Å². The molecule has 1 aromatic rings. The average Bonchev–Trinajstić information content (AvgIpc) is 2.38. The third-order valence-corrected chi connectivity index (χ3v) is 5.14. The van der Waals surface area contributed by atoms with Gasteiger partial charge in [-0.15, -0.1) is 0 Å². The Bertz CT molecular complexity index is 464. The van der Waals surface area contributed by atoms with E-state index in [1.54, 1.807) is 14.2 Å². The molecule has 0 aliphatic carbocycles. The van der Waals surface area contributed by atoms with Crippen LogP contribution in [0.15, 0.2) is 30.3 Å². The summed E-state index contributed by atoms with van der Waals surface area (Å²) < 4.78 is 30.6. The second-order valence-corrected chi connectivity index (χ2v) is 7.88. The number of rotatable bonds is 8. The molecule has 6 heteroatoms. The van der Waals surface area contributed by atoms with E-state index in [4.69, 9.17) is 4.74 Å². The molecule has 0 aromatic heterocycles. The highest BCUT2D eigenvalue weighted by Gasteiger charge is 2.20. The molecule has 1 unspecified atom stereocenters. The van der Waals surface area contributed by atoms with Crippen LogP contribution in [0.2, 0.25) is 0 Å². The lowest BCUT2D eigenvalue weighted by Gasteiger charge is -2.20. The zero-order chi connectivity index (χ0) is 14.3. The van der Waals surface area contributed by atoms with Crippen molar-refractivity contribution >= 4 is 26.0 Å². The number of hydrogen-bond acceptors (Lipinski definition) is 3. The zero-order valence-electron chi connectivity index (χ0n) is 11.3. The van der Waals surface area contributed by atoms with Gasteiger partial charge in [-0.05, 0) is 12.0 Å². The number of alkyl halides is 1. The molecule has 4 nitrogen and oxygen atoms in total. The van der Waals surface area contributed by atoms with E-state index in [1.165, 1.54) is 4.31 Å². The molecule has 1 rings (SSSR count). The summed E-state index contributed by atoms with van der Waals surface area (Å²) in [6.45, 7) is 0.892. The van der Waals surface area contributed by atoms with Crippen molar-refractivity contribution in [3.05, 3.63) is 35.9 Å². The molecule has 0 heterocycles. The fraction of sp³-hybridized carbons (Fsp3) is 0.538. The lowest BCUT2D eigenvalue weighted by molar-refractivity contribution is 0.195. The van der Waals surface area contributed by atoms with Crippen LogP contribution in [-0.2, 0) is 21.2 Å². The number of methoxy groups -OCH3 is 1. The lowest BCUT2D eigenvalue weighted by Crippen LogP contribution is -2.35. The van der Waals surface area contributed by atoms with Gasteiger partial charge in [0.15, 0.2) is 0 Å². The number of hydrogen-bond donors (Lipinski definition) is 0. The standard InChI is InChI=1S/C13H20BrNO3S/c1-15(10-13(14)11-18-2)19(16,17)9-8-12-6-4-3-5-7-12/h3-7,13H,8-11H2,1-2H3. The molecule has 19 heavy (non-hydrogen) atoms. The van der Waals surface area contributed by atoms with Crippen molar-refractivity contribution in [1.29, 1.82) is 0 Å². The van der Waals surface area contributed by atoms with Gasteiger partial charge in [-0.3, -0.25) is 0 Å². The number of sulfonamides is 1. The molecule has 0 bridgehead atoms. The molecule has 0 amide bonds. The first-order chi connectivity index (χ1) is 8.95. The largest absolute Gasteiger partial charge is 0.383 e. The van der Waals surface area contributed by atoms with Crippen molar-refractivity contribution in [3.63, 3.8) is 0 Å². The topological polar surface area (TPSA) is 46.6 Å². The molecule has 0 aliphatic rings. The third kappa shape index (κ3) is 6.03. The molecular weight excluding hydrogens is 330 g/mol. The fourth-order valence-electron chi connectivity index (χ4n) is 1.67. The van der Waals surface area contributed by atoms with Gasteiger partial charge in [0, 0.05) is 20.7 Å². The van der Waals surface area contributed by atoms with Gasteiger partial charge in [0.1, 0.15) is 0 Å². The normalized spacial score (nSPS) is 13.7. The van der Waals surface area contributed by atoms with Crippen LogP contribution in [0.3, 0.4) is 0 Å². The van der Waals surface area contributed by atoms with E-state index in [0.29, 0.717) is 19.6 Å². The highest BCUT2D eigenvalue weighted by molar-refractivity contribution is 9.09. The van der Waals surface area contributed by atoms with Crippen molar-refractivity contribution in [2.45, 2.75) is 11.2 Å². The second-order valence-electron chi connectivity index (χ2n) is 4.38. The van der Waals surface area contributed by atoms with Crippen LogP contribution in [0.5, 0.6) is 0 Å². The van der Waals surface area contributed by atoms with E-state index in [0.717, 1.165) is 5.56 Å². The molecule has 0 aliphatic heterocycles. The number of halogens is 1. The van der Waals surface area contributed by atoms with E-state index in [-0.39, 0.29) is 10.6 Å². The van der Waals surface area contributed by atoms with Crippen molar-refractivity contribution in [1.82, 2.24) is 4.31 Å². The van der Waals surface area contributed by atoms with E-state index >= 15 is 0 Å². The summed E-state index contributed by atoms with van der Waals surface area (Å²) in [6.07, 6.45) is 0.532. The average molecular weight is 350 g/mol. The van der Waals surface area contributed by atoms with Crippen LogP contribution >= 0.6 is 15.9 Å². The Morgan fingerprint density at radius 2 is 1.95 bits per heavy atom. The number of benzene rings is 1. The van der Waals surface area contributed by atoms with Crippen LogP contribution in [-0.4, -0.2) is 50.6 Å². The van der Waals surface area contributed by atoms with E-state index in [1.807, 2.05) is 30.3 Å². The molecular formula is C13H20BrNO3S. The Morgan fingerprint density at radius 3 is 2.53 bits per heavy atom. The van der Waals surface area contributed by atoms with E-state index < -0.39 is 10.0 Å². The Balaban J connectivity index is 2.51. The zero-order valence-corrected chi connectivity index (χ0v) is 13.7. The van der Waals surface area contributed by atoms with Gasteiger partial charge < -0.3 is 4.74 Å². The maximum atomic E-state index is 12.1.